The minimum absolute atomic E-state index is 0.302. The van der Waals surface area contributed by atoms with Gasteiger partial charge in [-0.1, -0.05) is 6.92 Å². The first kappa shape index (κ1) is 13.9. The lowest BCUT2D eigenvalue weighted by Gasteiger charge is -2.21. The second kappa shape index (κ2) is 11.0. The quantitative estimate of drug-likeness (QED) is 0.525. The molecule has 0 rings (SSSR count). The lowest BCUT2D eigenvalue weighted by Crippen LogP contribution is -2.27. The van der Waals surface area contributed by atoms with Gasteiger partial charge in [0.25, 0.3) is 0 Å². The predicted molar refractivity (Wildman–Crippen MR) is 59.4 cm³/mol. The van der Waals surface area contributed by atoms with Crippen LogP contribution in [-0.2, 0) is 0 Å². The van der Waals surface area contributed by atoms with Crippen molar-refractivity contribution in [2.45, 2.75) is 39.0 Å². The Kier molecular flexibility index (Phi) is 10.9. The first-order chi connectivity index (χ1) is 6.85. The highest BCUT2D eigenvalue weighted by Crippen LogP contribution is 2.00. The molecule has 3 heteroatoms. The Hall–Kier alpha value is -0.120. The summed E-state index contributed by atoms with van der Waals surface area (Å²) in [6.07, 6.45) is 5.14. The van der Waals surface area contributed by atoms with E-state index in [4.69, 9.17) is 10.2 Å². The minimum Gasteiger partial charge on any atom is -0.396 e. The minimum atomic E-state index is 0.302. The van der Waals surface area contributed by atoms with Crippen molar-refractivity contribution in [2.75, 3.05) is 32.8 Å². The number of aliphatic hydroxyl groups excluding tert-OH is 2. The number of aliphatic hydroxyl groups is 2. The highest BCUT2D eigenvalue weighted by atomic mass is 16.3. The first-order valence-corrected chi connectivity index (χ1v) is 5.79. The number of rotatable bonds is 10. The Balaban J connectivity index is 3.44. The first-order valence-electron chi connectivity index (χ1n) is 5.79. The normalized spacial score (nSPS) is 11.1. The van der Waals surface area contributed by atoms with E-state index in [0.29, 0.717) is 13.2 Å². The molecule has 0 spiro atoms. The van der Waals surface area contributed by atoms with Crippen molar-refractivity contribution in [1.29, 1.82) is 0 Å². The molecule has 0 radical (unpaired) electrons. The van der Waals surface area contributed by atoms with Gasteiger partial charge in [0.1, 0.15) is 0 Å². The summed E-state index contributed by atoms with van der Waals surface area (Å²) >= 11 is 0. The molecule has 0 atom stereocenters. The van der Waals surface area contributed by atoms with Gasteiger partial charge in [-0.3, -0.25) is 0 Å². The summed E-state index contributed by atoms with van der Waals surface area (Å²) in [5.74, 6) is 0. The molecule has 0 unspecified atom stereocenters. The molecule has 0 aromatic carbocycles. The van der Waals surface area contributed by atoms with Gasteiger partial charge in [-0.05, 0) is 51.7 Å². The van der Waals surface area contributed by atoms with Crippen molar-refractivity contribution in [1.82, 2.24) is 4.90 Å². The SMILES string of the molecule is CCCN(CCCCO)CCCCO. The second-order valence-corrected chi connectivity index (χ2v) is 3.70. The van der Waals surface area contributed by atoms with E-state index >= 15 is 0 Å². The average Bonchev–Trinajstić information content (AvgIpc) is 2.18. The molecular weight excluding hydrogens is 178 g/mol. The lowest BCUT2D eigenvalue weighted by molar-refractivity contribution is 0.226. The van der Waals surface area contributed by atoms with Crippen LogP contribution in [0.15, 0.2) is 0 Å². The van der Waals surface area contributed by atoms with Gasteiger partial charge in [0.15, 0.2) is 0 Å². The van der Waals surface area contributed by atoms with Gasteiger partial charge in [-0.25, -0.2) is 0 Å². The molecule has 86 valence electrons. The van der Waals surface area contributed by atoms with Gasteiger partial charge in [-0.2, -0.15) is 0 Å². The highest BCUT2D eigenvalue weighted by Gasteiger charge is 2.02. The maximum atomic E-state index is 8.67. The van der Waals surface area contributed by atoms with E-state index < -0.39 is 0 Å². The van der Waals surface area contributed by atoms with Crippen LogP contribution in [0, 0.1) is 0 Å². The summed E-state index contributed by atoms with van der Waals surface area (Å²) in [4.78, 5) is 2.42. The molecule has 2 N–H and O–H groups in total. The zero-order valence-electron chi connectivity index (χ0n) is 9.41. The molecule has 0 heterocycles. The number of hydrogen-bond acceptors (Lipinski definition) is 3. The van der Waals surface area contributed by atoms with Crippen LogP contribution in [0.2, 0.25) is 0 Å². The average molecular weight is 203 g/mol. The Morgan fingerprint density at radius 3 is 1.64 bits per heavy atom. The molecular formula is C11H25NO2. The molecule has 0 saturated carbocycles. The van der Waals surface area contributed by atoms with Gasteiger partial charge in [-0.15, -0.1) is 0 Å². The molecule has 0 aromatic rings. The van der Waals surface area contributed by atoms with E-state index in [0.717, 1.165) is 45.3 Å². The third kappa shape index (κ3) is 8.48. The van der Waals surface area contributed by atoms with Crippen LogP contribution in [0.25, 0.3) is 0 Å². The molecule has 0 aliphatic rings. The smallest absolute Gasteiger partial charge is 0.0431 e. The van der Waals surface area contributed by atoms with E-state index in [2.05, 4.69) is 11.8 Å². The molecule has 0 fully saturated rings. The van der Waals surface area contributed by atoms with Gasteiger partial charge < -0.3 is 15.1 Å². The molecule has 0 amide bonds. The van der Waals surface area contributed by atoms with Crippen LogP contribution in [-0.4, -0.2) is 48.0 Å². The number of nitrogens with zero attached hydrogens (tertiary/aromatic N) is 1. The van der Waals surface area contributed by atoms with Crippen molar-refractivity contribution in [3.8, 4) is 0 Å². The van der Waals surface area contributed by atoms with Crippen molar-refractivity contribution in [2.24, 2.45) is 0 Å². The number of unbranched alkanes of at least 4 members (excludes halogenated alkanes) is 2. The fraction of sp³-hybridized carbons (Fsp3) is 1.00. The van der Waals surface area contributed by atoms with Gasteiger partial charge in [0.2, 0.25) is 0 Å². The third-order valence-electron chi connectivity index (χ3n) is 2.30. The van der Waals surface area contributed by atoms with Gasteiger partial charge in [0.05, 0.1) is 0 Å². The second-order valence-electron chi connectivity index (χ2n) is 3.70. The zero-order chi connectivity index (χ0) is 10.6. The van der Waals surface area contributed by atoms with Crippen LogP contribution in [0.4, 0.5) is 0 Å². The van der Waals surface area contributed by atoms with Crippen LogP contribution in [0.3, 0.4) is 0 Å². The van der Waals surface area contributed by atoms with Crippen molar-refractivity contribution >= 4 is 0 Å². The fourth-order valence-corrected chi connectivity index (χ4v) is 1.55. The predicted octanol–water partition coefficient (Wildman–Crippen LogP) is 1.24. The summed E-state index contributed by atoms with van der Waals surface area (Å²) in [6.45, 7) is 6.09. The molecule has 0 bridgehead atoms. The highest BCUT2D eigenvalue weighted by molar-refractivity contribution is 4.57. The van der Waals surface area contributed by atoms with E-state index in [1.807, 2.05) is 0 Å². The van der Waals surface area contributed by atoms with Crippen molar-refractivity contribution in [3.05, 3.63) is 0 Å². The van der Waals surface area contributed by atoms with E-state index in [-0.39, 0.29) is 0 Å². The molecule has 0 aliphatic carbocycles. The summed E-state index contributed by atoms with van der Waals surface area (Å²) in [5, 5.41) is 17.3. The van der Waals surface area contributed by atoms with Crippen LogP contribution in [0.5, 0.6) is 0 Å². The third-order valence-corrected chi connectivity index (χ3v) is 2.30. The maximum absolute atomic E-state index is 8.67. The van der Waals surface area contributed by atoms with E-state index in [9.17, 15) is 0 Å². The lowest BCUT2D eigenvalue weighted by atomic mass is 10.2. The van der Waals surface area contributed by atoms with Gasteiger partial charge in [0, 0.05) is 13.2 Å². The number of hydrogen-bond donors (Lipinski definition) is 2. The molecule has 0 aliphatic heterocycles. The largest absolute Gasteiger partial charge is 0.396 e. The molecule has 0 aromatic heterocycles. The van der Waals surface area contributed by atoms with Crippen molar-refractivity contribution < 1.29 is 10.2 Å². The molecule has 0 saturated heterocycles. The van der Waals surface area contributed by atoms with Crippen molar-refractivity contribution in [3.63, 3.8) is 0 Å². The van der Waals surface area contributed by atoms with Crippen LogP contribution < -0.4 is 0 Å². The topological polar surface area (TPSA) is 43.7 Å². The Morgan fingerprint density at radius 2 is 1.29 bits per heavy atom. The maximum Gasteiger partial charge on any atom is 0.0431 e. The monoisotopic (exact) mass is 203 g/mol. The standard InChI is InChI=1S/C11H25NO2/c1-2-7-12(8-3-5-10-13)9-4-6-11-14/h13-14H,2-11H2,1H3. The molecule has 3 nitrogen and oxygen atoms in total. The summed E-state index contributed by atoms with van der Waals surface area (Å²) in [5.41, 5.74) is 0. The van der Waals surface area contributed by atoms with Crippen LogP contribution >= 0.6 is 0 Å². The zero-order valence-corrected chi connectivity index (χ0v) is 9.41. The fourth-order valence-electron chi connectivity index (χ4n) is 1.55. The Labute approximate surface area is 87.7 Å². The molecule has 14 heavy (non-hydrogen) atoms. The summed E-state index contributed by atoms with van der Waals surface area (Å²) in [7, 11) is 0. The van der Waals surface area contributed by atoms with E-state index in [1.165, 1.54) is 6.42 Å². The van der Waals surface area contributed by atoms with Crippen LogP contribution in [0.1, 0.15) is 39.0 Å². The summed E-state index contributed by atoms with van der Waals surface area (Å²) < 4.78 is 0. The Morgan fingerprint density at radius 1 is 0.786 bits per heavy atom. The van der Waals surface area contributed by atoms with E-state index in [1.54, 1.807) is 0 Å². The van der Waals surface area contributed by atoms with Gasteiger partial charge >= 0.3 is 0 Å². The summed E-state index contributed by atoms with van der Waals surface area (Å²) in [6, 6.07) is 0. The Bertz CT molecular complexity index is 99.5.